The minimum absolute atomic E-state index is 0.0496. The molecule has 2 atom stereocenters. The number of hydrogen-bond acceptors (Lipinski definition) is 4. The van der Waals surface area contributed by atoms with Crippen LogP contribution in [-0.2, 0) is 9.53 Å². The van der Waals surface area contributed by atoms with Crippen LogP contribution in [0.5, 0.6) is 0 Å². The maximum atomic E-state index is 13.8. The summed E-state index contributed by atoms with van der Waals surface area (Å²) in [7, 11) is 0. The molecule has 2 unspecified atom stereocenters. The predicted molar refractivity (Wildman–Crippen MR) is 76.1 cm³/mol. The first-order chi connectivity index (χ1) is 10.2. The summed E-state index contributed by atoms with van der Waals surface area (Å²) in [5.74, 6) is -1.23. The Morgan fingerprint density at radius 3 is 3.00 bits per heavy atom. The minimum Gasteiger partial charge on any atom is -0.379 e. The molecule has 2 N–H and O–H groups in total. The number of halogens is 1. The zero-order valence-corrected chi connectivity index (χ0v) is 11.9. The van der Waals surface area contributed by atoms with Gasteiger partial charge in [0.15, 0.2) is 0 Å². The summed E-state index contributed by atoms with van der Waals surface area (Å²) in [6.07, 6.45) is 0.967. The molecule has 1 aliphatic rings. The Balaban J connectivity index is 2.02. The van der Waals surface area contributed by atoms with E-state index in [1.165, 1.54) is 12.1 Å². The van der Waals surface area contributed by atoms with Crippen LogP contribution in [0, 0.1) is 23.1 Å². The second-order valence-corrected chi connectivity index (χ2v) is 5.00. The topological polar surface area (TPSA) is 74.2 Å². The predicted octanol–water partition coefficient (Wildman–Crippen LogP) is 1.65. The number of rotatable bonds is 5. The van der Waals surface area contributed by atoms with Gasteiger partial charge in [-0.25, -0.2) is 4.39 Å². The van der Waals surface area contributed by atoms with Crippen molar-refractivity contribution in [1.29, 1.82) is 5.26 Å². The van der Waals surface area contributed by atoms with Crippen molar-refractivity contribution in [2.24, 2.45) is 5.92 Å². The van der Waals surface area contributed by atoms with E-state index in [4.69, 9.17) is 10.00 Å². The quantitative estimate of drug-likeness (QED) is 0.865. The number of nitriles is 1. The molecule has 1 saturated heterocycles. The van der Waals surface area contributed by atoms with Gasteiger partial charge in [0.1, 0.15) is 5.82 Å². The zero-order valence-electron chi connectivity index (χ0n) is 11.9. The molecule has 1 heterocycles. The second kappa shape index (κ2) is 7.16. The van der Waals surface area contributed by atoms with E-state index in [0.717, 1.165) is 19.0 Å². The van der Waals surface area contributed by atoms with Gasteiger partial charge in [0.2, 0.25) is 5.91 Å². The van der Waals surface area contributed by atoms with Crippen molar-refractivity contribution in [1.82, 2.24) is 5.32 Å². The van der Waals surface area contributed by atoms with Crippen LogP contribution in [-0.4, -0.2) is 31.7 Å². The molecule has 1 aromatic rings. The lowest BCUT2D eigenvalue weighted by Crippen LogP contribution is -2.41. The monoisotopic (exact) mass is 291 g/mol. The zero-order chi connectivity index (χ0) is 15.2. The fourth-order valence-corrected chi connectivity index (χ4v) is 2.26. The van der Waals surface area contributed by atoms with E-state index < -0.39 is 5.82 Å². The molecular formula is C15H18FN3O2. The number of carbonyl (C=O) groups excluding carboxylic acids is 1. The van der Waals surface area contributed by atoms with Gasteiger partial charge in [-0.05, 0) is 31.2 Å². The lowest BCUT2D eigenvalue weighted by Gasteiger charge is -2.18. The van der Waals surface area contributed by atoms with Crippen LogP contribution in [0.25, 0.3) is 0 Å². The van der Waals surface area contributed by atoms with Gasteiger partial charge in [-0.2, -0.15) is 5.26 Å². The summed E-state index contributed by atoms with van der Waals surface area (Å²) in [5, 5.41) is 14.5. The van der Waals surface area contributed by atoms with Crippen LogP contribution < -0.4 is 10.6 Å². The molecule has 1 aromatic carbocycles. The molecule has 0 bridgehead atoms. The summed E-state index contributed by atoms with van der Waals surface area (Å²) in [6, 6.07) is 5.77. The molecule has 0 spiro atoms. The van der Waals surface area contributed by atoms with Crippen LogP contribution in [0.1, 0.15) is 18.9 Å². The van der Waals surface area contributed by atoms with Gasteiger partial charge in [0.25, 0.3) is 0 Å². The molecule has 5 nitrogen and oxygen atoms in total. The van der Waals surface area contributed by atoms with Crippen molar-refractivity contribution < 1.29 is 13.9 Å². The maximum absolute atomic E-state index is 13.8. The van der Waals surface area contributed by atoms with Gasteiger partial charge in [-0.1, -0.05) is 6.92 Å². The average molecular weight is 291 g/mol. The Kier molecular flexibility index (Phi) is 5.26. The number of amides is 1. The molecule has 0 aromatic heterocycles. The third-order valence-corrected chi connectivity index (χ3v) is 3.43. The fourth-order valence-electron chi connectivity index (χ4n) is 2.26. The molecule has 0 aliphatic carbocycles. The first kappa shape index (κ1) is 15.4. The van der Waals surface area contributed by atoms with Gasteiger partial charge in [-0.15, -0.1) is 0 Å². The molecule has 1 aliphatic heterocycles. The maximum Gasteiger partial charge on any atom is 0.231 e. The molecule has 21 heavy (non-hydrogen) atoms. The van der Waals surface area contributed by atoms with E-state index in [1.807, 2.05) is 13.0 Å². The molecule has 112 valence electrons. The normalized spacial score (nSPS) is 21.0. The first-order valence-electron chi connectivity index (χ1n) is 6.97. The number of hydrogen-bond donors (Lipinski definition) is 2. The summed E-state index contributed by atoms with van der Waals surface area (Å²) in [6.45, 7) is 3.66. The van der Waals surface area contributed by atoms with E-state index in [2.05, 4.69) is 10.6 Å². The van der Waals surface area contributed by atoms with Crippen molar-refractivity contribution in [3.05, 3.63) is 29.6 Å². The highest BCUT2D eigenvalue weighted by Crippen LogP contribution is 2.20. The highest BCUT2D eigenvalue weighted by molar-refractivity contribution is 5.93. The van der Waals surface area contributed by atoms with Crippen LogP contribution in [0.4, 0.5) is 10.1 Å². The van der Waals surface area contributed by atoms with E-state index in [1.54, 1.807) is 0 Å². The SMILES string of the molecule is CCCNC1COCC1C(=O)Nc1ccc(C#N)cc1F. The minimum atomic E-state index is -0.612. The molecule has 0 radical (unpaired) electrons. The number of ether oxygens (including phenoxy) is 1. The van der Waals surface area contributed by atoms with Gasteiger partial charge in [-0.3, -0.25) is 4.79 Å². The summed E-state index contributed by atoms with van der Waals surface area (Å²) in [5.41, 5.74) is 0.303. The first-order valence-corrected chi connectivity index (χ1v) is 6.97. The van der Waals surface area contributed by atoms with E-state index in [0.29, 0.717) is 13.2 Å². The molecule has 0 saturated carbocycles. The fraction of sp³-hybridized carbons (Fsp3) is 0.467. The molecule has 1 amide bonds. The van der Waals surface area contributed by atoms with Crippen LogP contribution >= 0.6 is 0 Å². The highest BCUT2D eigenvalue weighted by Gasteiger charge is 2.33. The van der Waals surface area contributed by atoms with Crippen LogP contribution in [0.2, 0.25) is 0 Å². The van der Waals surface area contributed by atoms with Crippen molar-refractivity contribution in [2.75, 3.05) is 25.1 Å². The molecule has 6 heteroatoms. The van der Waals surface area contributed by atoms with Crippen molar-refractivity contribution >= 4 is 11.6 Å². The van der Waals surface area contributed by atoms with E-state index in [9.17, 15) is 9.18 Å². The summed E-state index contributed by atoms with van der Waals surface area (Å²) in [4.78, 5) is 12.2. The Hall–Kier alpha value is -1.97. The largest absolute Gasteiger partial charge is 0.379 e. The number of nitrogens with one attached hydrogen (secondary N) is 2. The second-order valence-electron chi connectivity index (χ2n) is 5.00. The van der Waals surface area contributed by atoms with Gasteiger partial charge in [0, 0.05) is 6.04 Å². The van der Waals surface area contributed by atoms with E-state index in [-0.39, 0.29) is 29.1 Å². The van der Waals surface area contributed by atoms with Gasteiger partial charge in [0.05, 0.1) is 36.5 Å². The van der Waals surface area contributed by atoms with Crippen molar-refractivity contribution in [3.63, 3.8) is 0 Å². The van der Waals surface area contributed by atoms with Crippen molar-refractivity contribution in [3.8, 4) is 6.07 Å². The number of anilines is 1. The van der Waals surface area contributed by atoms with Gasteiger partial charge < -0.3 is 15.4 Å². The Bertz CT molecular complexity index is 556. The third-order valence-electron chi connectivity index (χ3n) is 3.43. The Labute approximate surface area is 123 Å². The number of carbonyl (C=O) groups is 1. The number of benzene rings is 1. The van der Waals surface area contributed by atoms with Crippen molar-refractivity contribution in [2.45, 2.75) is 19.4 Å². The number of nitrogens with zero attached hydrogens (tertiary/aromatic N) is 1. The lowest BCUT2D eigenvalue weighted by molar-refractivity contribution is -0.120. The molecule has 1 fully saturated rings. The molecule has 2 rings (SSSR count). The van der Waals surface area contributed by atoms with Gasteiger partial charge >= 0.3 is 0 Å². The summed E-state index contributed by atoms with van der Waals surface area (Å²) < 4.78 is 19.1. The lowest BCUT2D eigenvalue weighted by atomic mass is 10.0. The van der Waals surface area contributed by atoms with E-state index >= 15 is 0 Å². The Morgan fingerprint density at radius 1 is 1.52 bits per heavy atom. The Morgan fingerprint density at radius 2 is 2.33 bits per heavy atom. The smallest absolute Gasteiger partial charge is 0.231 e. The third kappa shape index (κ3) is 3.78. The standard InChI is InChI=1S/C15H18FN3O2/c1-2-5-18-14-9-21-8-11(14)15(20)19-13-4-3-10(7-17)6-12(13)16/h3-4,6,11,14,18H,2,5,8-9H2,1H3,(H,19,20). The summed E-state index contributed by atoms with van der Waals surface area (Å²) >= 11 is 0. The average Bonchev–Trinajstić information content (AvgIpc) is 2.95. The highest BCUT2D eigenvalue weighted by atomic mass is 19.1. The van der Waals surface area contributed by atoms with Crippen LogP contribution in [0.3, 0.4) is 0 Å². The van der Waals surface area contributed by atoms with Crippen LogP contribution in [0.15, 0.2) is 18.2 Å². The molecular weight excluding hydrogens is 273 g/mol.